The predicted molar refractivity (Wildman–Crippen MR) is 92.0 cm³/mol. The number of thiazole rings is 1. The van der Waals surface area contributed by atoms with Gasteiger partial charge in [-0.3, -0.25) is 14.9 Å². The molecule has 0 fully saturated rings. The Labute approximate surface area is 144 Å². The van der Waals surface area contributed by atoms with Gasteiger partial charge in [-0.05, 0) is 39.0 Å². The molecule has 4 rings (SSSR count). The van der Waals surface area contributed by atoms with Crippen LogP contribution in [0.4, 0.5) is 5.13 Å². The number of aryl methyl sites for hydroxylation is 3. The van der Waals surface area contributed by atoms with Gasteiger partial charge in [-0.1, -0.05) is 6.42 Å². The molecule has 2 aliphatic rings. The third kappa shape index (κ3) is 2.69. The summed E-state index contributed by atoms with van der Waals surface area (Å²) < 4.78 is 5.71. The zero-order valence-electron chi connectivity index (χ0n) is 13.7. The van der Waals surface area contributed by atoms with E-state index in [1.165, 1.54) is 17.7 Å². The highest BCUT2D eigenvalue weighted by Crippen LogP contribution is 2.32. The molecule has 0 saturated heterocycles. The van der Waals surface area contributed by atoms with Crippen molar-refractivity contribution in [3.05, 3.63) is 33.2 Å². The van der Waals surface area contributed by atoms with Crippen molar-refractivity contribution in [1.82, 2.24) is 4.98 Å². The Morgan fingerprint density at radius 2 is 1.96 bits per heavy atom. The summed E-state index contributed by atoms with van der Waals surface area (Å²) in [7, 11) is 0. The Morgan fingerprint density at radius 1 is 1.12 bits per heavy atom. The third-order valence-corrected chi connectivity index (χ3v) is 5.90. The Bertz CT molecular complexity index is 795. The molecular weight excluding hydrogens is 324 g/mol. The standard InChI is InChI=1S/C18H20N2O3S/c1-10-15-12(21)7-5-8-13(15)23-16(10)17(22)20-18-19-11-6-3-2-4-9-14(11)24-18/h2-9H2,1H3,(H,19,20,22). The summed E-state index contributed by atoms with van der Waals surface area (Å²) in [6.45, 7) is 1.79. The maximum atomic E-state index is 12.6. The average Bonchev–Trinajstić information content (AvgIpc) is 3.02. The van der Waals surface area contributed by atoms with Crippen LogP contribution in [0.1, 0.15) is 74.9 Å². The molecule has 0 bridgehead atoms. The van der Waals surface area contributed by atoms with E-state index in [4.69, 9.17) is 4.42 Å². The highest BCUT2D eigenvalue weighted by atomic mass is 32.1. The van der Waals surface area contributed by atoms with E-state index in [1.54, 1.807) is 18.3 Å². The lowest BCUT2D eigenvalue weighted by Crippen LogP contribution is -2.13. The average molecular weight is 344 g/mol. The molecule has 0 radical (unpaired) electrons. The van der Waals surface area contributed by atoms with Crippen LogP contribution in [0.2, 0.25) is 0 Å². The summed E-state index contributed by atoms with van der Waals surface area (Å²) >= 11 is 1.56. The lowest BCUT2D eigenvalue weighted by molar-refractivity contribution is 0.0963. The molecule has 2 heterocycles. The second-order valence-electron chi connectivity index (χ2n) is 6.53. The topological polar surface area (TPSA) is 72.2 Å². The minimum atomic E-state index is -0.307. The van der Waals surface area contributed by atoms with Gasteiger partial charge >= 0.3 is 0 Å². The molecule has 24 heavy (non-hydrogen) atoms. The van der Waals surface area contributed by atoms with Crippen LogP contribution in [0, 0.1) is 6.92 Å². The number of nitrogens with zero attached hydrogens (tertiary/aromatic N) is 1. The molecule has 0 saturated carbocycles. The van der Waals surface area contributed by atoms with Crippen molar-refractivity contribution in [1.29, 1.82) is 0 Å². The molecule has 5 nitrogen and oxygen atoms in total. The van der Waals surface area contributed by atoms with E-state index in [0.717, 1.165) is 37.8 Å². The molecule has 0 aromatic carbocycles. The number of hydrogen-bond acceptors (Lipinski definition) is 5. The number of carbonyl (C=O) groups excluding carboxylic acids is 2. The van der Waals surface area contributed by atoms with Crippen LogP contribution in [0.3, 0.4) is 0 Å². The van der Waals surface area contributed by atoms with E-state index in [2.05, 4.69) is 10.3 Å². The number of ketones is 1. The molecule has 1 amide bonds. The quantitative estimate of drug-likeness (QED) is 0.833. The Kier molecular flexibility index (Phi) is 4.00. The van der Waals surface area contributed by atoms with Crippen LogP contribution in [-0.2, 0) is 19.3 Å². The fraction of sp³-hybridized carbons (Fsp3) is 0.500. The second kappa shape index (κ2) is 6.16. The fourth-order valence-electron chi connectivity index (χ4n) is 3.60. The zero-order chi connectivity index (χ0) is 16.7. The lowest BCUT2D eigenvalue weighted by atomic mass is 9.94. The van der Waals surface area contributed by atoms with Crippen LogP contribution >= 0.6 is 11.3 Å². The van der Waals surface area contributed by atoms with Crippen LogP contribution in [-0.4, -0.2) is 16.7 Å². The normalized spacial score (nSPS) is 17.1. The lowest BCUT2D eigenvalue weighted by Gasteiger charge is -2.07. The van der Waals surface area contributed by atoms with Crippen molar-refractivity contribution in [2.75, 3.05) is 5.32 Å². The van der Waals surface area contributed by atoms with Crippen LogP contribution in [0.25, 0.3) is 0 Å². The molecule has 0 atom stereocenters. The maximum Gasteiger partial charge on any atom is 0.293 e. The number of rotatable bonds is 2. The number of carbonyl (C=O) groups is 2. The van der Waals surface area contributed by atoms with Crippen molar-refractivity contribution in [2.45, 2.75) is 58.3 Å². The molecule has 2 aliphatic carbocycles. The van der Waals surface area contributed by atoms with Gasteiger partial charge in [0.1, 0.15) is 5.76 Å². The molecule has 2 aromatic heterocycles. The Hall–Kier alpha value is -1.95. The van der Waals surface area contributed by atoms with Crippen molar-refractivity contribution >= 4 is 28.2 Å². The van der Waals surface area contributed by atoms with Crippen LogP contribution in [0.5, 0.6) is 0 Å². The Balaban J connectivity index is 1.58. The van der Waals surface area contributed by atoms with Gasteiger partial charge in [-0.15, -0.1) is 11.3 Å². The molecule has 2 aromatic rings. The summed E-state index contributed by atoms with van der Waals surface area (Å²) in [5, 5.41) is 3.50. The zero-order valence-corrected chi connectivity index (χ0v) is 14.6. The van der Waals surface area contributed by atoms with Gasteiger partial charge in [0.2, 0.25) is 0 Å². The molecule has 0 aliphatic heterocycles. The van der Waals surface area contributed by atoms with Crippen molar-refractivity contribution in [3.8, 4) is 0 Å². The summed E-state index contributed by atoms with van der Waals surface area (Å²) in [6, 6.07) is 0. The molecule has 6 heteroatoms. The highest BCUT2D eigenvalue weighted by Gasteiger charge is 2.29. The number of anilines is 1. The number of nitrogens with one attached hydrogen (secondary N) is 1. The molecular formula is C18H20N2O3S. The smallest absolute Gasteiger partial charge is 0.293 e. The molecule has 126 valence electrons. The number of amides is 1. The largest absolute Gasteiger partial charge is 0.455 e. The summed E-state index contributed by atoms with van der Waals surface area (Å²) in [6.07, 6.45) is 7.68. The first-order valence-corrected chi connectivity index (χ1v) is 9.40. The van der Waals surface area contributed by atoms with Gasteiger partial charge < -0.3 is 4.42 Å². The van der Waals surface area contributed by atoms with Gasteiger partial charge in [0.05, 0.1) is 11.3 Å². The van der Waals surface area contributed by atoms with Gasteiger partial charge in [0.15, 0.2) is 16.7 Å². The van der Waals surface area contributed by atoms with E-state index in [-0.39, 0.29) is 17.5 Å². The first-order chi connectivity index (χ1) is 11.6. The number of aromatic nitrogens is 1. The number of Topliss-reactive ketones (excluding diaryl/α,β-unsaturated/α-hetero) is 1. The van der Waals surface area contributed by atoms with Crippen LogP contribution in [0.15, 0.2) is 4.42 Å². The fourth-order valence-corrected chi connectivity index (χ4v) is 4.65. The van der Waals surface area contributed by atoms with Gasteiger partial charge in [-0.25, -0.2) is 4.98 Å². The van der Waals surface area contributed by atoms with Gasteiger partial charge in [0.25, 0.3) is 5.91 Å². The van der Waals surface area contributed by atoms with E-state index < -0.39 is 0 Å². The molecule has 1 N–H and O–H groups in total. The number of fused-ring (bicyclic) bond motifs is 2. The van der Waals surface area contributed by atoms with Crippen molar-refractivity contribution in [3.63, 3.8) is 0 Å². The van der Waals surface area contributed by atoms with Crippen LogP contribution < -0.4 is 5.32 Å². The van der Waals surface area contributed by atoms with E-state index >= 15 is 0 Å². The first kappa shape index (κ1) is 15.6. The van der Waals surface area contributed by atoms with Crippen molar-refractivity contribution < 1.29 is 14.0 Å². The van der Waals surface area contributed by atoms with E-state index in [0.29, 0.717) is 28.4 Å². The second-order valence-corrected chi connectivity index (χ2v) is 7.62. The van der Waals surface area contributed by atoms with Crippen molar-refractivity contribution in [2.24, 2.45) is 0 Å². The predicted octanol–water partition coefficient (Wildman–Crippen LogP) is 4.08. The summed E-state index contributed by atoms with van der Waals surface area (Å²) in [5.41, 5.74) is 2.39. The molecule has 0 spiro atoms. The Morgan fingerprint density at radius 3 is 2.79 bits per heavy atom. The highest BCUT2D eigenvalue weighted by molar-refractivity contribution is 7.15. The monoisotopic (exact) mass is 344 g/mol. The first-order valence-electron chi connectivity index (χ1n) is 8.59. The third-order valence-electron chi connectivity index (χ3n) is 4.83. The van der Waals surface area contributed by atoms with Gasteiger partial charge in [-0.2, -0.15) is 0 Å². The molecule has 0 unspecified atom stereocenters. The van der Waals surface area contributed by atoms with E-state index in [1.807, 2.05) is 0 Å². The maximum absolute atomic E-state index is 12.6. The summed E-state index contributed by atoms with van der Waals surface area (Å²) in [4.78, 5) is 30.5. The number of hydrogen-bond donors (Lipinski definition) is 1. The minimum absolute atomic E-state index is 0.0810. The summed E-state index contributed by atoms with van der Waals surface area (Å²) in [5.74, 6) is 0.681. The number of furan rings is 1. The minimum Gasteiger partial charge on any atom is -0.455 e. The van der Waals surface area contributed by atoms with Gasteiger partial charge in [0, 0.05) is 23.3 Å². The SMILES string of the molecule is Cc1c(C(=O)Nc2nc3c(s2)CCCCC3)oc2c1C(=O)CCC2. The van der Waals surface area contributed by atoms with E-state index in [9.17, 15) is 9.59 Å².